The van der Waals surface area contributed by atoms with Crippen molar-refractivity contribution in [1.82, 2.24) is 0 Å². The lowest BCUT2D eigenvalue weighted by Gasteiger charge is -2.28. The number of unbranched alkanes of at least 4 members (excludes halogenated alkanes) is 37. The predicted molar refractivity (Wildman–Crippen MR) is 291 cm³/mol. The van der Waals surface area contributed by atoms with Crippen LogP contribution in [0.3, 0.4) is 0 Å². The topological polar surface area (TPSA) is 111 Å². The highest BCUT2D eigenvalue weighted by molar-refractivity contribution is 7.45. The van der Waals surface area contributed by atoms with E-state index in [9.17, 15) is 19.0 Å². The zero-order valence-corrected chi connectivity index (χ0v) is 47.2. The van der Waals surface area contributed by atoms with E-state index in [4.69, 9.17) is 18.5 Å². The molecule has 0 spiro atoms. The first-order valence-corrected chi connectivity index (χ1v) is 31.0. The van der Waals surface area contributed by atoms with E-state index in [1.54, 1.807) is 0 Å². The lowest BCUT2D eigenvalue weighted by atomic mass is 10.0. The number of likely N-dealkylation sites (N-methyl/N-ethyl adjacent to an activating group) is 1. The molecule has 0 aliphatic heterocycles. The van der Waals surface area contributed by atoms with E-state index >= 15 is 0 Å². The molecule has 0 saturated carbocycles. The molecule has 2 atom stereocenters. The number of carbonyl (C=O) groups excluding carboxylic acids is 2. The van der Waals surface area contributed by atoms with E-state index in [0.717, 1.165) is 38.5 Å². The van der Waals surface area contributed by atoms with Crippen LogP contribution in [-0.2, 0) is 32.7 Å². The molecule has 0 bridgehead atoms. The van der Waals surface area contributed by atoms with Gasteiger partial charge in [-0.25, -0.2) is 0 Å². The second-order valence-corrected chi connectivity index (χ2v) is 22.8. The van der Waals surface area contributed by atoms with Crippen LogP contribution >= 0.6 is 7.82 Å². The summed E-state index contributed by atoms with van der Waals surface area (Å²) in [6, 6.07) is 0. The first kappa shape index (κ1) is 67.5. The molecular weight excluding hydrogens is 882 g/mol. The van der Waals surface area contributed by atoms with Gasteiger partial charge in [0.1, 0.15) is 19.8 Å². The summed E-state index contributed by atoms with van der Waals surface area (Å²) < 4.78 is 34.2. The summed E-state index contributed by atoms with van der Waals surface area (Å²) in [4.78, 5) is 37.9. The van der Waals surface area contributed by atoms with E-state index < -0.39 is 26.5 Å². The van der Waals surface area contributed by atoms with Crippen molar-refractivity contribution in [3.8, 4) is 0 Å². The van der Waals surface area contributed by atoms with Crippen LogP contribution < -0.4 is 4.89 Å². The summed E-state index contributed by atoms with van der Waals surface area (Å²) >= 11 is 0. The third-order valence-electron chi connectivity index (χ3n) is 13.2. The number of phosphoric acid groups is 1. The van der Waals surface area contributed by atoms with Gasteiger partial charge in [0.15, 0.2) is 6.10 Å². The minimum Gasteiger partial charge on any atom is -0.756 e. The lowest BCUT2D eigenvalue weighted by molar-refractivity contribution is -0.870. The molecule has 0 aromatic rings. The van der Waals surface area contributed by atoms with Crippen LogP contribution in [0.5, 0.6) is 0 Å². The monoisotopic (exact) mass is 996 g/mol. The van der Waals surface area contributed by atoms with E-state index in [1.165, 1.54) is 218 Å². The van der Waals surface area contributed by atoms with Crippen molar-refractivity contribution >= 4 is 19.8 Å². The van der Waals surface area contributed by atoms with Gasteiger partial charge in [-0.3, -0.25) is 14.2 Å². The maximum Gasteiger partial charge on any atom is 0.306 e. The van der Waals surface area contributed by atoms with E-state index in [1.807, 2.05) is 21.1 Å². The molecule has 9 nitrogen and oxygen atoms in total. The van der Waals surface area contributed by atoms with Crippen LogP contribution in [0.25, 0.3) is 0 Å². The number of nitrogens with zero attached hydrogens (tertiary/aromatic N) is 1. The van der Waals surface area contributed by atoms with E-state index in [-0.39, 0.29) is 32.0 Å². The van der Waals surface area contributed by atoms with Crippen LogP contribution in [0, 0.1) is 0 Å². The Bertz CT molecular complexity index is 1220. The van der Waals surface area contributed by atoms with Gasteiger partial charge in [-0.2, -0.15) is 0 Å². The Kier molecular flexibility index (Phi) is 50.3. The van der Waals surface area contributed by atoms with Crippen molar-refractivity contribution in [1.29, 1.82) is 0 Å². The fourth-order valence-electron chi connectivity index (χ4n) is 8.63. The summed E-state index contributed by atoms with van der Waals surface area (Å²) in [5.41, 5.74) is 0. The Morgan fingerprint density at radius 1 is 0.449 bits per heavy atom. The summed E-state index contributed by atoms with van der Waals surface area (Å²) in [6.07, 6.45) is 60.8. The number of hydrogen-bond donors (Lipinski definition) is 0. The predicted octanol–water partition coefficient (Wildman–Crippen LogP) is 17.6. The maximum atomic E-state index is 12.8. The van der Waals surface area contributed by atoms with E-state index in [2.05, 4.69) is 38.2 Å². The molecule has 408 valence electrons. The van der Waals surface area contributed by atoms with Crippen LogP contribution in [0.4, 0.5) is 0 Å². The highest BCUT2D eigenvalue weighted by Gasteiger charge is 2.22. The summed E-state index contributed by atoms with van der Waals surface area (Å²) in [6.45, 7) is 4.28. The Labute approximate surface area is 428 Å². The van der Waals surface area contributed by atoms with Crippen molar-refractivity contribution < 1.29 is 42.1 Å². The average Bonchev–Trinajstić information content (AvgIpc) is 3.31. The lowest BCUT2D eigenvalue weighted by Crippen LogP contribution is -2.37. The third kappa shape index (κ3) is 55.7. The van der Waals surface area contributed by atoms with Gasteiger partial charge < -0.3 is 27.9 Å². The molecule has 0 aliphatic carbocycles. The molecular formula is C59H114NO8P. The molecule has 69 heavy (non-hydrogen) atoms. The number of ether oxygens (including phenoxy) is 2. The van der Waals surface area contributed by atoms with Gasteiger partial charge in [-0.15, -0.1) is 0 Å². The smallest absolute Gasteiger partial charge is 0.306 e. The molecule has 0 heterocycles. The van der Waals surface area contributed by atoms with Gasteiger partial charge in [0.2, 0.25) is 0 Å². The minimum absolute atomic E-state index is 0.0276. The van der Waals surface area contributed by atoms with Crippen molar-refractivity contribution in [2.24, 2.45) is 0 Å². The van der Waals surface area contributed by atoms with Crippen molar-refractivity contribution in [3.05, 3.63) is 24.3 Å². The van der Waals surface area contributed by atoms with Crippen LogP contribution in [0.15, 0.2) is 24.3 Å². The molecule has 0 rings (SSSR count). The number of carbonyl (C=O) groups is 2. The molecule has 0 aliphatic rings. The molecule has 10 heteroatoms. The number of quaternary nitrogens is 1. The number of esters is 2. The molecule has 0 aromatic carbocycles. The average molecular weight is 997 g/mol. The highest BCUT2D eigenvalue weighted by atomic mass is 31.2. The quantitative estimate of drug-likeness (QED) is 0.0195. The van der Waals surface area contributed by atoms with Crippen LogP contribution in [0.2, 0.25) is 0 Å². The van der Waals surface area contributed by atoms with E-state index in [0.29, 0.717) is 17.4 Å². The highest BCUT2D eigenvalue weighted by Crippen LogP contribution is 2.38. The van der Waals surface area contributed by atoms with Gasteiger partial charge >= 0.3 is 11.9 Å². The minimum atomic E-state index is -4.63. The first-order valence-electron chi connectivity index (χ1n) is 29.5. The van der Waals surface area contributed by atoms with Gasteiger partial charge in [0.05, 0.1) is 27.7 Å². The van der Waals surface area contributed by atoms with Crippen molar-refractivity contribution in [3.63, 3.8) is 0 Å². The normalized spacial score (nSPS) is 13.4. The first-order chi connectivity index (χ1) is 33.5. The van der Waals surface area contributed by atoms with Crippen LogP contribution in [-0.4, -0.2) is 70.0 Å². The number of rotatable bonds is 55. The van der Waals surface area contributed by atoms with Crippen molar-refractivity contribution in [2.45, 2.75) is 296 Å². The molecule has 0 amide bonds. The SMILES string of the molecule is CCCCCCC/C=C\C/C=C\CCCCCCCCCCCCCCCCCC(=O)OC(COC(=O)CCCCCCCCCCCCCCCCCCCC)COP(=O)([O-])OCC[N+](C)(C)C. The molecule has 2 unspecified atom stereocenters. The Morgan fingerprint density at radius 2 is 0.783 bits per heavy atom. The van der Waals surface area contributed by atoms with Gasteiger partial charge in [0, 0.05) is 12.8 Å². The zero-order chi connectivity index (χ0) is 50.6. The van der Waals surface area contributed by atoms with Crippen LogP contribution in [0.1, 0.15) is 290 Å². The number of hydrogen-bond acceptors (Lipinski definition) is 8. The largest absolute Gasteiger partial charge is 0.756 e. The fourth-order valence-corrected chi connectivity index (χ4v) is 9.36. The third-order valence-corrected chi connectivity index (χ3v) is 14.2. The van der Waals surface area contributed by atoms with Gasteiger partial charge in [0.25, 0.3) is 7.82 Å². The molecule has 0 radical (unpaired) electrons. The fraction of sp³-hybridized carbons (Fsp3) is 0.898. The number of allylic oxidation sites excluding steroid dienone is 4. The molecule has 0 fully saturated rings. The molecule has 0 N–H and O–H groups in total. The van der Waals surface area contributed by atoms with Gasteiger partial charge in [-0.05, 0) is 44.9 Å². The summed E-state index contributed by atoms with van der Waals surface area (Å²) in [7, 11) is 1.18. The van der Waals surface area contributed by atoms with Gasteiger partial charge in [-0.1, -0.05) is 256 Å². The summed E-state index contributed by atoms with van der Waals surface area (Å²) in [5.74, 6) is -0.816. The Hall–Kier alpha value is -1.51. The summed E-state index contributed by atoms with van der Waals surface area (Å²) in [5, 5.41) is 0. The second-order valence-electron chi connectivity index (χ2n) is 21.4. The standard InChI is InChI=1S/C59H114NO8P/c1-6-8-10-12-14-16-18-20-22-24-26-27-28-29-30-31-32-33-34-36-38-40-42-44-46-48-50-52-59(62)68-57(56-67-69(63,64)66-54-53-60(3,4)5)55-65-58(61)51-49-47-45-43-41-39-37-35-25-23-21-19-17-15-13-11-9-7-2/h18,20,24,26,57H,6-17,19,21-23,25,27-56H2,1-5H3/b20-18-,26-24-. The molecule has 0 aromatic heterocycles. The number of phosphoric ester groups is 1. The maximum absolute atomic E-state index is 12.8. The molecule has 0 saturated heterocycles. The Morgan fingerprint density at radius 3 is 1.14 bits per heavy atom. The van der Waals surface area contributed by atoms with Crippen molar-refractivity contribution in [2.75, 3.05) is 47.5 Å². The Balaban J connectivity index is 4.10. The zero-order valence-electron chi connectivity index (χ0n) is 46.3. The second kappa shape index (κ2) is 51.4.